The maximum absolute atomic E-state index is 12.3. The Bertz CT molecular complexity index is 903. The number of imidazole rings is 1. The van der Waals surface area contributed by atoms with Crippen LogP contribution in [0.25, 0.3) is 11.4 Å². The van der Waals surface area contributed by atoms with E-state index in [-0.39, 0.29) is 0 Å². The number of nitrogens with zero attached hydrogens (tertiary/aromatic N) is 1. The van der Waals surface area contributed by atoms with Crippen molar-refractivity contribution in [1.82, 2.24) is 9.97 Å². The van der Waals surface area contributed by atoms with Gasteiger partial charge in [0.25, 0.3) is 5.91 Å². The van der Waals surface area contributed by atoms with Crippen molar-refractivity contribution >= 4 is 17.6 Å². The van der Waals surface area contributed by atoms with Crippen LogP contribution in [0.3, 0.4) is 0 Å². The van der Waals surface area contributed by atoms with Gasteiger partial charge >= 0.3 is 5.97 Å². The molecule has 0 saturated carbocycles. The minimum absolute atomic E-state index is 0.356. The maximum Gasteiger partial charge on any atom is 0.338 e. The average Bonchev–Trinajstić information content (AvgIpc) is 3.23. The largest absolute Gasteiger partial charge is 0.497 e. The quantitative estimate of drug-likeness (QED) is 0.654. The first-order valence-electron chi connectivity index (χ1n) is 8.32. The molecular weight excluding hydrogens is 346 g/mol. The minimum Gasteiger partial charge on any atom is -0.497 e. The van der Waals surface area contributed by atoms with Gasteiger partial charge in [0, 0.05) is 23.6 Å². The van der Waals surface area contributed by atoms with E-state index in [0.717, 1.165) is 5.56 Å². The molecule has 0 saturated heterocycles. The van der Waals surface area contributed by atoms with Gasteiger partial charge in [0.2, 0.25) is 0 Å². The number of aromatic amines is 1. The number of carbonyl (C=O) groups is 2. The third-order valence-corrected chi connectivity index (χ3v) is 3.90. The fraction of sp³-hybridized carbons (Fsp3) is 0.150. The lowest BCUT2D eigenvalue weighted by molar-refractivity contribution is -0.123. The molecule has 1 unspecified atom stereocenters. The minimum atomic E-state index is -0.940. The second-order valence-electron chi connectivity index (χ2n) is 5.78. The molecule has 0 aliphatic heterocycles. The zero-order valence-electron chi connectivity index (χ0n) is 14.9. The van der Waals surface area contributed by atoms with Gasteiger partial charge in [-0.1, -0.05) is 12.1 Å². The predicted molar refractivity (Wildman–Crippen MR) is 101 cm³/mol. The molecule has 3 rings (SSSR count). The van der Waals surface area contributed by atoms with Crippen LogP contribution in [0.15, 0.2) is 60.9 Å². The average molecular weight is 365 g/mol. The van der Waals surface area contributed by atoms with E-state index in [1.807, 2.05) is 0 Å². The van der Waals surface area contributed by atoms with Crippen LogP contribution in [0.4, 0.5) is 5.69 Å². The lowest BCUT2D eigenvalue weighted by Crippen LogP contribution is -2.30. The Labute approximate surface area is 156 Å². The van der Waals surface area contributed by atoms with Crippen LogP contribution in [0.1, 0.15) is 17.3 Å². The molecule has 3 aromatic rings. The number of amides is 1. The Morgan fingerprint density at radius 2 is 1.78 bits per heavy atom. The first-order valence-corrected chi connectivity index (χ1v) is 8.32. The molecule has 138 valence electrons. The molecule has 7 nitrogen and oxygen atoms in total. The number of benzene rings is 2. The molecule has 2 N–H and O–H groups in total. The van der Waals surface area contributed by atoms with E-state index < -0.39 is 18.0 Å². The number of anilines is 1. The van der Waals surface area contributed by atoms with Crippen molar-refractivity contribution in [2.75, 3.05) is 12.4 Å². The van der Waals surface area contributed by atoms with Gasteiger partial charge in [0.15, 0.2) is 6.10 Å². The second-order valence-corrected chi connectivity index (χ2v) is 5.78. The van der Waals surface area contributed by atoms with Crippen molar-refractivity contribution in [1.29, 1.82) is 0 Å². The van der Waals surface area contributed by atoms with Crippen LogP contribution in [-0.2, 0) is 9.53 Å². The number of aromatic nitrogens is 2. The first kappa shape index (κ1) is 18.2. The molecule has 0 radical (unpaired) electrons. The summed E-state index contributed by atoms with van der Waals surface area (Å²) in [5, 5.41) is 2.69. The van der Waals surface area contributed by atoms with Crippen molar-refractivity contribution in [3.05, 3.63) is 66.5 Å². The van der Waals surface area contributed by atoms with E-state index in [0.29, 0.717) is 22.8 Å². The van der Waals surface area contributed by atoms with Crippen LogP contribution >= 0.6 is 0 Å². The molecule has 0 aliphatic rings. The molecule has 1 aromatic heterocycles. The van der Waals surface area contributed by atoms with Gasteiger partial charge in [0.1, 0.15) is 11.6 Å². The summed E-state index contributed by atoms with van der Waals surface area (Å²) in [6.45, 7) is 1.52. The van der Waals surface area contributed by atoms with Crippen LogP contribution in [0.5, 0.6) is 5.75 Å². The molecule has 0 bridgehead atoms. The summed E-state index contributed by atoms with van der Waals surface area (Å²) in [5.74, 6) is 0.409. The molecule has 1 amide bonds. The molecule has 0 aliphatic carbocycles. The van der Waals surface area contributed by atoms with Gasteiger partial charge in [-0.15, -0.1) is 0 Å². The summed E-state index contributed by atoms with van der Waals surface area (Å²) in [7, 11) is 1.57. The standard InChI is InChI=1S/C20H19N3O4/c1-13(19(24)23-16-7-9-17(26-2)10-8-16)27-20(25)15-5-3-14(4-6-15)18-21-11-12-22-18/h3-13H,1-2H3,(H,21,22)(H,23,24). The fourth-order valence-corrected chi connectivity index (χ4v) is 2.39. The Morgan fingerprint density at radius 1 is 1.07 bits per heavy atom. The van der Waals surface area contributed by atoms with Gasteiger partial charge < -0.3 is 19.8 Å². The highest BCUT2D eigenvalue weighted by atomic mass is 16.5. The number of carbonyl (C=O) groups excluding carboxylic acids is 2. The maximum atomic E-state index is 12.3. The zero-order chi connectivity index (χ0) is 19.2. The molecule has 27 heavy (non-hydrogen) atoms. The van der Waals surface area contributed by atoms with Crippen LogP contribution in [0, 0.1) is 0 Å². The summed E-state index contributed by atoms with van der Waals surface area (Å²) in [6, 6.07) is 13.7. The summed E-state index contributed by atoms with van der Waals surface area (Å²) in [6.07, 6.45) is 2.44. The molecule has 0 spiro atoms. The van der Waals surface area contributed by atoms with Crippen LogP contribution in [0.2, 0.25) is 0 Å². The molecule has 1 heterocycles. The van der Waals surface area contributed by atoms with Gasteiger partial charge in [-0.25, -0.2) is 9.78 Å². The number of methoxy groups -OCH3 is 1. The van der Waals surface area contributed by atoms with Crippen molar-refractivity contribution in [3.8, 4) is 17.1 Å². The number of hydrogen-bond acceptors (Lipinski definition) is 5. The molecule has 2 aromatic carbocycles. The van der Waals surface area contributed by atoms with Crippen molar-refractivity contribution < 1.29 is 19.1 Å². The molecular formula is C20H19N3O4. The Hall–Kier alpha value is -3.61. The van der Waals surface area contributed by atoms with Gasteiger partial charge in [-0.2, -0.15) is 0 Å². The number of H-pyrrole nitrogens is 1. The number of hydrogen-bond donors (Lipinski definition) is 2. The second kappa shape index (κ2) is 8.18. The Morgan fingerprint density at radius 3 is 2.37 bits per heavy atom. The molecule has 0 fully saturated rings. The van der Waals surface area contributed by atoms with E-state index in [4.69, 9.17) is 9.47 Å². The van der Waals surface area contributed by atoms with Crippen LogP contribution in [-0.4, -0.2) is 35.1 Å². The van der Waals surface area contributed by atoms with Gasteiger partial charge in [-0.3, -0.25) is 4.79 Å². The zero-order valence-corrected chi connectivity index (χ0v) is 14.9. The lowest BCUT2D eigenvalue weighted by Gasteiger charge is -2.14. The number of nitrogens with one attached hydrogen (secondary N) is 2. The molecule has 1 atom stereocenters. The van der Waals surface area contributed by atoms with Gasteiger partial charge in [0.05, 0.1) is 12.7 Å². The smallest absolute Gasteiger partial charge is 0.338 e. The summed E-state index contributed by atoms with van der Waals surface area (Å²) in [5.41, 5.74) is 1.79. The topological polar surface area (TPSA) is 93.3 Å². The van der Waals surface area contributed by atoms with Crippen molar-refractivity contribution in [3.63, 3.8) is 0 Å². The summed E-state index contributed by atoms with van der Waals surface area (Å²) >= 11 is 0. The lowest BCUT2D eigenvalue weighted by atomic mass is 10.1. The van der Waals surface area contributed by atoms with Crippen LogP contribution < -0.4 is 10.1 Å². The SMILES string of the molecule is COc1ccc(NC(=O)C(C)OC(=O)c2ccc(-c3ncc[nH]3)cc2)cc1. The van der Waals surface area contributed by atoms with Crippen molar-refractivity contribution in [2.45, 2.75) is 13.0 Å². The number of rotatable bonds is 6. The van der Waals surface area contributed by atoms with Crippen molar-refractivity contribution in [2.24, 2.45) is 0 Å². The summed E-state index contributed by atoms with van der Waals surface area (Å²) < 4.78 is 10.3. The fourth-order valence-electron chi connectivity index (χ4n) is 2.39. The number of esters is 1. The Kier molecular flexibility index (Phi) is 5.51. The van der Waals surface area contributed by atoms with E-state index >= 15 is 0 Å². The van der Waals surface area contributed by atoms with E-state index in [2.05, 4.69) is 15.3 Å². The normalized spacial score (nSPS) is 11.5. The van der Waals surface area contributed by atoms with E-state index in [1.165, 1.54) is 6.92 Å². The molecule has 7 heteroatoms. The van der Waals surface area contributed by atoms with Gasteiger partial charge in [-0.05, 0) is 43.3 Å². The Balaban J connectivity index is 1.58. The van der Waals surface area contributed by atoms with E-state index in [9.17, 15) is 9.59 Å². The summed E-state index contributed by atoms with van der Waals surface area (Å²) in [4.78, 5) is 31.6. The first-order chi connectivity index (χ1) is 13.1. The monoisotopic (exact) mass is 365 g/mol. The third kappa shape index (κ3) is 4.52. The third-order valence-electron chi connectivity index (χ3n) is 3.90. The highest BCUT2D eigenvalue weighted by Gasteiger charge is 2.19. The highest BCUT2D eigenvalue weighted by molar-refractivity contribution is 5.97. The number of ether oxygens (including phenoxy) is 2. The predicted octanol–water partition coefficient (Wildman–Crippen LogP) is 3.27. The van der Waals surface area contributed by atoms with E-state index in [1.54, 1.807) is 68.0 Å². The highest BCUT2D eigenvalue weighted by Crippen LogP contribution is 2.17.